The average Bonchev–Trinajstić information content (AvgIpc) is 2.46. The number of nitrogens with zero attached hydrogens (tertiary/aromatic N) is 2. The molecule has 0 heterocycles. The number of carboxylic acids is 1. The zero-order valence-corrected chi connectivity index (χ0v) is 13.9. The van der Waals surface area contributed by atoms with E-state index in [1.165, 1.54) is 24.3 Å². The molecule has 0 aliphatic carbocycles. The molecule has 0 fully saturated rings. The van der Waals surface area contributed by atoms with Crippen LogP contribution in [-0.2, 0) is 10.4 Å². The first kappa shape index (κ1) is 19.7. The van der Waals surface area contributed by atoms with Crippen LogP contribution in [0.1, 0.15) is 10.4 Å². The third kappa shape index (κ3) is 6.39. The van der Waals surface area contributed by atoms with Gasteiger partial charge in [0.25, 0.3) is 0 Å². The van der Waals surface area contributed by atoms with Gasteiger partial charge in [-0.1, -0.05) is 35.3 Å². The quantitative estimate of drug-likeness (QED) is 0.628. The highest BCUT2D eigenvalue weighted by Gasteiger charge is 2.11. The highest BCUT2D eigenvalue weighted by Crippen LogP contribution is 2.27. The van der Waals surface area contributed by atoms with E-state index in [1.807, 2.05) is 0 Å². The summed E-state index contributed by atoms with van der Waals surface area (Å²) in [5.74, 6) is -2.08. The first-order chi connectivity index (χ1) is 11.1. The zero-order valence-electron chi connectivity index (χ0n) is 11.6. The second kappa shape index (κ2) is 8.47. The lowest BCUT2D eigenvalue weighted by atomic mass is 10.2. The van der Waals surface area contributed by atoms with Crippen molar-refractivity contribution in [2.75, 3.05) is 0 Å². The van der Waals surface area contributed by atoms with Crippen molar-refractivity contribution in [3.05, 3.63) is 63.0 Å². The summed E-state index contributed by atoms with van der Waals surface area (Å²) in [4.78, 5) is 13.4. The number of carbonyl (C=O) groups excluding carboxylic acids is 1. The highest BCUT2D eigenvalue weighted by molar-refractivity contribution is 7.81. The highest BCUT2D eigenvalue weighted by atomic mass is 35.5. The fourth-order valence-corrected chi connectivity index (χ4v) is 2.20. The minimum absolute atomic E-state index is 0.325. The zero-order chi connectivity index (χ0) is 18.3. The van der Waals surface area contributed by atoms with Gasteiger partial charge in [0, 0.05) is 16.7 Å². The number of diazo groups is 1. The first-order valence-corrected chi connectivity index (χ1v) is 8.03. The van der Waals surface area contributed by atoms with Gasteiger partial charge in [-0.05, 0) is 24.3 Å². The van der Waals surface area contributed by atoms with Crippen LogP contribution in [0.3, 0.4) is 0 Å². The monoisotopic (exact) mass is 390 g/mol. The molecule has 0 saturated carbocycles. The molecule has 126 valence electrons. The maximum absolute atomic E-state index is 10.4. The number of carboxylic acid groups (broad SMARTS) is 1. The van der Waals surface area contributed by atoms with Gasteiger partial charge in [0.15, 0.2) is 10.7 Å². The maximum atomic E-state index is 10.4. The predicted molar refractivity (Wildman–Crippen MR) is 84.2 cm³/mol. The molecule has 0 aliphatic heterocycles. The third-order valence-corrected chi connectivity index (χ3v) is 3.25. The Labute approximate surface area is 146 Å². The molecule has 0 amide bonds. The number of benzene rings is 2. The van der Waals surface area contributed by atoms with E-state index in [1.54, 1.807) is 6.07 Å². The molecule has 0 spiro atoms. The van der Waals surface area contributed by atoms with Gasteiger partial charge in [-0.25, -0.2) is 0 Å². The molecule has 0 aliphatic rings. The van der Waals surface area contributed by atoms with E-state index >= 15 is 0 Å². The average molecular weight is 391 g/mol. The van der Waals surface area contributed by atoms with Gasteiger partial charge in [-0.15, -0.1) is 0 Å². The molecule has 11 heteroatoms. The number of carbonyl (C=O) groups is 1. The molecule has 24 heavy (non-hydrogen) atoms. The van der Waals surface area contributed by atoms with Crippen LogP contribution in [0.15, 0.2) is 42.5 Å². The molecule has 0 aromatic heterocycles. The summed E-state index contributed by atoms with van der Waals surface area (Å²) in [6.07, 6.45) is 0. The smallest absolute Gasteiger partial charge is 0.446 e. The molecule has 2 rings (SSSR count). The molecule has 0 atom stereocenters. The summed E-state index contributed by atoms with van der Waals surface area (Å²) in [5.41, 5.74) is -0.129. The maximum Gasteiger partial charge on any atom is 0.446 e. The second-order valence-electron chi connectivity index (χ2n) is 3.99. The second-order valence-corrected chi connectivity index (χ2v) is 5.86. The lowest BCUT2D eigenvalue weighted by Crippen LogP contribution is -2.23. The first-order valence-electron chi connectivity index (χ1n) is 5.91. The topological polar surface area (TPSA) is 132 Å². The van der Waals surface area contributed by atoms with Gasteiger partial charge in [0.2, 0.25) is 5.39 Å². The lowest BCUT2D eigenvalue weighted by molar-refractivity contribution is -0.255. The van der Waals surface area contributed by atoms with Gasteiger partial charge in [-0.3, -0.25) is 4.55 Å². The van der Waals surface area contributed by atoms with E-state index in [0.29, 0.717) is 15.7 Å². The van der Waals surface area contributed by atoms with Crippen molar-refractivity contribution in [2.45, 2.75) is 0 Å². The number of hydrogen-bond acceptors (Lipinski definition) is 6. The van der Waals surface area contributed by atoms with Crippen molar-refractivity contribution in [2.24, 2.45) is 0 Å². The summed E-state index contributed by atoms with van der Waals surface area (Å²) in [6, 6.07) is 9.54. The summed E-state index contributed by atoms with van der Waals surface area (Å²) < 4.78 is 32.9. The summed E-state index contributed by atoms with van der Waals surface area (Å²) in [7, 11) is -4.72. The Bertz CT molecular complexity index is 896. The van der Waals surface area contributed by atoms with Crippen LogP contribution in [0.25, 0.3) is 4.98 Å². The molecule has 1 N–H and O–H groups in total. The van der Waals surface area contributed by atoms with Crippen molar-refractivity contribution in [1.29, 1.82) is 5.39 Å². The Morgan fingerprint density at radius 1 is 1.21 bits per heavy atom. The molecule has 0 bridgehead atoms. The lowest BCUT2D eigenvalue weighted by Gasteiger charge is -2.08. The van der Waals surface area contributed by atoms with E-state index < -0.39 is 27.7 Å². The van der Waals surface area contributed by atoms with Crippen LogP contribution in [0.4, 0.5) is 5.69 Å². The molecule has 0 saturated heterocycles. The normalized spacial score (nSPS) is 10.1. The predicted octanol–water partition coefficient (Wildman–Crippen LogP) is 2.71. The van der Waals surface area contributed by atoms with Crippen molar-refractivity contribution < 1.29 is 27.1 Å². The van der Waals surface area contributed by atoms with E-state index in [0.717, 1.165) is 12.1 Å². The van der Waals surface area contributed by atoms with Crippen molar-refractivity contribution in [3.63, 3.8) is 0 Å². The standard InChI is InChI=1S/C7H6O6S.C6H3Cl2N2/c8-7(9)5-3-1-2-4-6(5)13-14(10,11)12;7-4-1-2-6(10-9)5(8)3-4/h1-4H,(H,8,9)(H,10,11,12);1-3H/q;+1/p-1. The van der Waals surface area contributed by atoms with Crippen LogP contribution < -0.4 is 9.29 Å². The van der Waals surface area contributed by atoms with Crippen LogP contribution in [-0.4, -0.2) is 18.9 Å². The van der Waals surface area contributed by atoms with Gasteiger partial charge in [0.1, 0.15) is 5.02 Å². The molecule has 8 nitrogen and oxygen atoms in total. The van der Waals surface area contributed by atoms with Crippen LogP contribution in [0.2, 0.25) is 10.0 Å². The SMILES string of the molecule is N#[N+]c1ccc(Cl)cc1Cl.O=C([O-])c1ccccc1OS(=O)(=O)O. The number of hydrogen-bond donors (Lipinski definition) is 1. The Morgan fingerprint density at radius 2 is 1.83 bits per heavy atom. The Kier molecular flexibility index (Phi) is 6.94. The summed E-state index contributed by atoms with van der Waals surface area (Å²) in [6.45, 7) is 0. The Morgan fingerprint density at radius 3 is 2.33 bits per heavy atom. The van der Waals surface area contributed by atoms with E-state index in [4.69, 9.17) is 33.1 Å². The van der Waals surface area contributed by atoms with Gasteiger partial charge < -0.3 is 14.1 Å². The Hall–Kier alpha value is -2.38. The van der Waals surface area contributed by atoms with E-state index in [9.17, 15) is 18.3 Å². The fraction of sp³-hybridized carbons (Fsp3) is 0. The van der Waals surface area contributed by atoms with Crippen molar-refractivity contribution >= 4 is 45.3 Å². The summed E-state index contributed by atoms with van der Waals surface area (Å²) >= 11 is 11.2. The van der Waals surface area contributed by atoms with Gasteiger partial charge in [0.05, 0.1) is 5.97 Å². The van der Waals surface area contributed by atoms with Crippen LogP contribution in [0.5, 0.6) is 5.75 Å². The number of aromatic carboxylic acids is 1. The molecule has 0 radical (unpaired) electrons. The fourth-order valence-electron chi connectivity index (χ4n) is 1.38. The van der Waals surface area contributed by atoms with Crippen LogP contribution >= 0.6 is 23.2 Å². The largest absolute Gasteiger partial charge is 0.545 e. The summed E-state index contributed by atoms with van der Waals surface area (Å²) in [5, 5.41) is 19.6. The third-order valence-electron chi connectivity index (χ3n) is 2.32. The molecular formula is C13H8Cl2N2O6S. The van der Waals surface area contributed by atoms with Crippen LogP contribution in [0, 0.1) is 5.39 Å². The van der Waals surface area contributed by atoms with E-state index in [-0.39, 0.29) is 0 Å². The Balaban J connectivity index is 0.000000254. The van der Waals surface area contributed by atoms with E-state index in [2.05, 4.69) is 9.16 Å². The minimum atomic E-state index is -4.72. The molecular weight excluding hydrogens is 383 g/mol. The van der Waals surface area contributed by atoms with Gasteiger partial charge in [-0.2, -0.15) is 8.42 Å². The minimum Gasteiger partial charge on any atom is -0.545 e. The molecule has 2 aromatic carbocycles. The van der Waals surface area contributed by atoms with Crippen molar-refractivity contribution in [3.8, 4) is 5.75 Å². The number of halogens is 2. The molecule has 0 unspecified atom stereocenters. The van der Waals surface area contributed by atoms with Crippen molar-refractivity contribution in [1.82, 2.24) is 0 Å². The number of rotatable bonds is 3. The molecule has 2 aromatic rings. The number of para-hydroxylation sites is 1. The van der Waals surface area contributed by atoms with Gasteiger partial charge >= 0.3 is 16.1 Å².